The van der Waals surface area contributed by atoms with E-state index in [1.54, 1.807) is 0 Å². The molecule has 0 radical (unpaired) electrons. The van der Waals surface area contributed by atoms with Gasteiger partial charge < -0.3 is 10.2 Å². The summed E-state index contributed by atoms with van der Waals surface area (Å²) in [5.74, 6) is 0.807. The van der Waals surface area contributed by atoms with Crippen molar-refractivity contribution in [3.63, 3.8) is 0 Å². The number of hydrogen-bond donors (Lipinski definition) is 1. The average Bonchev–Trinajstić information content (AvgIpc) is 2.36. The third-order valence-corrected chi connectivity index (χ3v) is 3.14. The third-order valence-electron chi connectivity index (χ3n) is 3.14. The van der Waals surface area contributed by atoms with Crippen LogP contribution in [0.2, 0.25) is 0 Å². The molecule has 96 valence electrons. The van der Waals surface area contributed by atoms with E-state index in [9.17, 15) is 0 Å². The minimum atomic E-state index is 0.807. The van der Waals surface area contributed by atoms with Gasteiger partial charge in [-0.25, -0.2) is 0 Å². The van der Waals surface area contributed by atoms with Gasteiger partial charge in [0.15, 0.2) is 0 Å². The van der Waals surface area contributed by atoms with Crippen molar-refractivity contribution >= 4 is 5.69 Å². The van der Waals surface area contributed by atoms with Gasteiger partial charge in [0.1, 0.15) is 0 Å². The Morgan fingerprint density at radius 1 is 1.24 bits per heavy atom. The lowest BCUT2D eigenvalue weighted by Gasteiger charge is -2.20. The molecule has 0 bridgehead atoms. The number of nitrogens with one attached hydrogen (secondary N) is 1. The topological polar surface area (TPSA) is 15.3 Å². The largest absolute Gasteiger partial charge is 0.385 e. The number of nitrogens with zero attached hydrogens (tertiary/aromatic N) is 1. The molecule has 0 heterocycles. The highest BCUT2D eigenvalue weighted by Gasteiger charge is 2.03. The second kappa shape index (κ2) is 8.13. The van der Waals surface area contributed by atoms with Gasteiger partial charge in [0.05, 0.1) is 0 Å². The van der Waals surface area contributed by atoms with Gasteiger partial charge in [-0.3, -0.25) is 0 Å². The van der Waals surface area contributed by atoms with Gasteiger partial charge in [-0.1, -0.05) is 38.5 Å². The molecule has 2 heteroatoms. The summed E-state index contributed by atoms with van der Waals surface area (Å²) in [5.41, 5.74) is 1.22. The molecule has 0 spiro atoms. The van der Waals surface area contributed by atoms with Crippen LogP contribution in [0.15, 0.2) is 30.3 Å². The van der Waals surface area contributed by atoms with E-state index in [1.165, 1.54) is 31.6 Å². The van der Waals surface area contributed by atoms with Crippen molar-refractivity contribution in [2.24, 2.45) is 5.92 Å². The zero-order valence-electron chi connectivity index (χ0n) is 11.4. The van der Waals surface area contributed by atoms with Crippen molar-refractivity contribution < 1.29 is 0 Å². The first-order valence-corrected chi connectivity index (χ1v) is 6.69. The van der Waals surface area contributed by atoms with E-state index in [4.69, 9.17) is 0 Å². The lowest BCUT2D eigenvalue weighted by atomic mass is 10.1. The van der Waals surface area contributed by atoms with Crippen molar-refractivity contribution in [2.75, 3.05) is 32.0 Å². The van der Waals surface area contributed by atoms with Crippen molar-refractivity contribution in [3.8, 4) is 0 Å². The molecule has 1 atom stereocenters. The Morgan fingerprint density at radius 2 is 1.94 bits per heavy atom. The molecule has 17 heavy (non-hydrogen) atoms. The molecule has 0 aliphatic heterocycles. The second-order valence-corrected chi connectivity index (χ2v) is 4.92. The number of para-hydroxylation sites is 1. The van der Waals surface area contributed by atoms with E-state index in [0.717, 1.165) is 12.5 Å². The van der Waals surface area contributed by atoms with Gasteiger partial charge in [0.25, 0.3) is 0 Å². The van der Waals surface area contributed by atoms with Crippen LogP contribution in [0.3, 0.4) is 0 Å². The summed E-state index contributed by atoms with van der Waals surface area (Å²) in [5, 5.41) is 3.44. The molecule has 2 nitrogen and oxygen atoms in total. The molecule has 1 aromatic carbocycles. The molecule has 0 saturated heterocycles. The highest BCUT2D eigenvalue weighted by atomic mass is 15.1. The van der Waals surface area contributed by atoms with Gasteiger partial charge in [-0.05, 0) is 38.1 Å². The SMILES string of the molecule is CCC(C)CN(C)CCCNc1ccccc1. The average molecular weight is 234 g/mol. The van der Waals surface area contributed by atoms with Crippen LogP contribution in [0.25, 0.3) is 0 Å². The Hall–Kier alpha value is -1.02. The fourth-order valence-corrected chi connectivity index (χ4v) is 1.89. The molecular formula is C15H26N2. The maximum atomic E-state index is 3.44. The highest BCUT2D eigenvalue weighted by Crippen LogP contribution is 2.05. The van der Waals surface area contributed by atoms with E-state index >= 15 is 0 Å². The van der Waals surface area contributed by atoms with Crippen molar-refractivity contribution in [1.29, 1.82) is 0 Å². The van der Waals surface area contributed by atoms with Crippen molar-refractivity contribution in [1.82, 2.24) is 4.90 Å². The van der Waals surface area contributed by atoms with Gasteiger partial charge >= 0.3 is 0 Å². The van der Waals surface area contributed by atoms with Crippen LogP contribution in [0.1, 0.15) is 26.7 Å². The first-order chi connectivity index (χ1) is 8.22. The summed E-state index contributed by atoms with van der Waals surface area (Å²) in [6, 6.07) is 10.4. The third kappa shape index (κ3) is 6.32. The molecule has 0 fully saturated rings. The molecule has 0 saturated carbocycles. The Morgan fingerprint density at radius 3 is 2.59 bits per heavy atom. The summed E-state index contributed by atoms with van der Waals surface area (Å²) in [4.78, 5) is 2.43. The molecule has 0 aliphatic carbocycles. The summed E-state index contributed by atoms with van der Waals surface area (Å²) in [6.07, 6.45) is 2.47. The Kier molecular flexibility index (Phi) is 6.71. The molecule has 1 aromatic rings. The quantitative estimate of drug-likeness (QED) is 0.693. The first kappa shape index (κ1) is 14.0. The van der Waals surface area contributed by atoms with E-state index in [2.05, 4.69) is 55.4 Å². The maximum absolute atomic E-state index is 3.44. The molecule has 1 rings (SSSR count). The smallest absolute Gasteiger partial charge is 0.0340 e. The summed E-state index contributed by atoms with van der Waals surface area (Å²) in [7, 11) is 2.22. The van der Waals surface area contributed by atoms with Crippen LogP contribution in [0.5, 0.6) is 0 Å². The number of rotatable bonds is 8. The van der Waals surface area contributed by atoms with Gasteiger partial charge in [0.2, 0.25) is 0 Å². The predicted molar refractivity (Wildman–Crippen MR) is 76.5 cm³/mol. The summed E-state index contributed by atoms with van der Waals surface area (Å²) >= 11 is 0. The molecule has 1 N–H and O–H groups in total. The van der Waals surface area contributed by atoms with E-state index in [-0.39, 0.29) is 0 Å². The lowest BCUT2D eigenvalue weighted by molar-refractivity contribution is 0.281. The Bertz CT molecular complexity index is 284. The monoisotopic (exact) mass is 234 g/mol. The van der Waals surface area contributed by atoms with Crippen LogP contribution < -0.4 is 5.32 Å². The Labute approximate surface area is 106 Å². The highest BCUT2D eigenvalue weighted by molar-refractivity contribution is 5.42. The Balaban J connectivity index is 2.08. The zero-order chi connectivity index (χ0) is 12.5. The minimum Gasteiger partial charge on any atom is -0.385 e. The summed E-state index contributed by atoms with van der Waals surface area (Å²) in [6.45, 7) is 8.01. The molecule has 0 aliphatic rings. The van der Waals surface area contributed by atoms with Gasteiger partial charge in [0, 0.05) is 18.8 Å². The molecule has 1 unspecified atom stereocenters. The fourth-order valence-electron chi connectivity index (χ4n) is 1.89. The molecule has 0 aromatic heterocycles. The van der Waals surface area contributed by atoms with E-state index < -0.39 is 0 Å². The normalized spacial score (nSPS) is 12.7. The lowest BCUT2D eigenvalue weighted by Crippen LogP contribution is -2.26. The standard InChI is InChI=1S/C15H26N2/c1-4-14(2)13-17(3)12-8-11-16-15-9-6-5-7-10-15/h5-7,9-10,14,16H,4,8,11-13H2,1-3H3. The fraction of sp³-hybridized carbons (Fsp3) is 0.600. The molecule has 0 amide bonds. The number of benzene rings is 1. The van der Waals surface area contributed by atoms with Gasteiger partial charge in [-0.2, -0.15) is 0 Å². The van der Waals surface area contributed by atoms with Crippen molar-refractivity contribution in [3.05, 3.63) is 30.3 Å². The second-order valence-electron chi connectivity index (χ2n) is 4.92. The maximum Gasteiger partial charge on any atom is 0.0340 e. The zero-order valence-corrected chi connectivity index (χ0v) is 11.4. The van der Waals surface area contributed by atoms with Crippen molar-refractivity contribution in [2.45, 2.75) is 26.7 Å². The van der Waals surface area contributed by atoms with E-state index in [0.29, 0.717) is 0 Å². The van der Waals surface area contributed by atoms with Crippen LogP contribution in [0, 0.1) is 5.92 Å². The number of hydrogen-bond acceptors (Lipinski definition) is 2. The summed E-state index contributed by atoms with van der Waals surface area (Å²) < 4.78 is 0. The minimum absolute atomic E-state index is 0.807. The van der Waals surface area contributed by atoms with Crippen LogP contribution in [-0.4, -0.2) is 31.6 Å². The van der Waals surface area contributed by atoms with Crippen LogP contribution in [-0.2, 0) is 0 Å². The predicted octanol–water partition coefficient (Wildman–Crippen LogP) is 3.47. The van der Waals surface area contributed by atoms with Gasteiger partial charge in [-0.15, -0.1) is 0 Å². The van der Waals surface area contributed by atoms with Crippen LogP contribution in [0.4, 0.5) is 5.69 Å². The first-order valence-electron chi connectivity index (χ1n) is 6.69. The van der Waals surface area contributed by atoms with Crippen LogP contribution >= 0.6 is 0 Å². The molecular weight excluding hydrogens is 208 g/mol. The van der Waals surface area contributed by atoms with E-state index in [1.807, 2.05) is 6.07 Å². The number of anilines is 1.